The second kappa shape index (κ2) is 11.0. The smallest absolute Gasteiger partial charge is 0.222 e. The number of likely N-dealkylation sites (tertiary alicyclic amines) is 1. The van der Waals surface area contributed by atoms with Crippen molar-refractivity contribution in [3.63, 3.8) is 0 Å². The zero-order chi connectivity index (χ0) is 18.8. The number of hydrogen-bond acceptors (Lipinski definition) is 2. The van der Waals surface area contributed by atoms with Crippen molar-refractivity contribution < 1.29 is 9.59 Å². The maximum atomic E-state index is 12.4. The summed E-state index contributed by atoms with van der Waals surface area (Å²) in [6.07, 6.45) is 6.22. The molecule has 1 aliphatic heterocycles. The van der Waals surface area contributed by atoms with Gasteiger partial charge in [0.2, 0.25) is 11.8 Å². The van der Waals surface area contributed by atoms with Gasteiger partial charge in [-0.1, -0.05) is 30.3 Å². The van der Waals surface area contributed by atoms with Crippen LogP contribution in [0.4, 0.5) is 0 Å². The van der Waals surface area contributed by atoms with Crippen LogP contribution in [0.25, 0.3) is 0 Å². The van der Waals surface area contributed by atoms with E-state index in [1.54, 1.807) is 0 Å². The topological polar surface area (TPSA) is 40.6 Å². The molecule has 1 aliphatic rings. The van der Waals surface area contributed by atoms with E-state index in [1.807, 2.05) is 23.6 Å². The molecule has 2 rings (SSSR count). The molecule has 1 heterocycles. The maximum Gasteiger partial charge on any atom is 0.222 e. The molecule has 1 aromatic carbocycles. The zero-order valence-corrected chi connectivity index (χ0v) is 16.5. The summed E-state index contributed by atoms with van der Waals surface area (Å²) in [7, 11) is 0. The Balaban J connectivity index is 1.62. The van der Waals surface area contributed by atoms with Crippen molar-refractivity contribution in [3.8, 4) is 0 Å². The third-order valence-corrected chi connectivity index (χ3v) is 5.55. The number of rotatable bonds is 9. The van der Waals surface area contributed by atoms with Crippen molar-refractivity contribution in [2.45, 2.75) is 58.8 Å². The first-order valence-electron chi connectivity index (χ1n) is 10.2. The van der Waals surface area contributed by atoms with E-state index in [-0.39, 0.29) is 11.8 Å². The highest BCUT2D eigenvalue weighted by Gasteiger charge is 2.22. The molecule has 1 saturated heterocycles. The number of carbonyl (C=O) groups excluding carboxylic acids is 2. The van der Waals surface area contributed by atoms with Gasteiger partial charge in [-0.3, -0.25) is 9.59 Å². The summed E-state index contributed by atoms with van der Waals surface area (Å²) in [6, 6.07) is 10.6. The molecule has 0 N–H and O–H groups in total. The molecular formula is C22H34N2O2. The van der Waals surface area contributed by atoms with E-state index in [2.05, 4.69) is 30.3 Å². The summed E-state index contributed by atoms with van der Waals surface area (Å²) in [5, 5.41) is 0. The molecule has 1 fully saturated rings. The van der Waals surface area contributed by atoms with Crippen LogP contribution in [-0.2, 0) is 16.0 Å². The van der Waals surface area contributed by atoms with Crippen molar-refractivity contribution in [3.05, 3.63) is 35.9 Å². The van der Waals surface area contributed by atoms with E-state index in [1.165, 1.54) is 12.0 Å². The second-order valence-electron chi connectivity index (χ2n) is 7.27. The summed E-state index contributed by atoms with van der Waals surface area (Å²) in [5.74, 6) is 1.12. The normalized spacial score (nSPS) is 15.1. The minimum atomic E-state index is 0.169. The predicted molar refractivity (Wildman–Crippen MR) is 106 cm³/mol. The van der Waals surface area contributed by atoms with Crippen LogP contribution in [0, 0.1) is 5.92 Å². The Bertz CT molecular complexity index is 547. The third kappa shape index (κ3) is 6.47. The number of hydrogen-bond donors (Lipinski definition) is 0. The van der Waals surface area contributed by atoms with Crippen LogP contribution < -0.4 is 0 Å². The molecule has 4 nitrogen and oxygen atoms in total. The summed E-state index contributed by atoms with van der Waals surface area (Å²) in [5.41, 5.74) is 1.41. The van der Waals surface area contributed by atoms with Crippen LogP contribution in [0.5, 0.6) is 0 Å². The molecule has 26 heavy (non-hydrogen) atoms. The molecule has 0 aliphatic carbocycles. The number of piperidine rings is 1. The molecule has 144 valence electrons. The fourth-order valence-electron chi connectivity index (χ4n) is 3.77. The van der Waals surface area contributed by atoms with Crippen molar-refractivity contribution in [1.29, 1.82) is 0 Å². The molecule has 2 amide bonds. The minimum Gasteiger partial charge on any atom is -0.343 e. The van der Waals surface area contributed by atoms with E-state index in [4.69, 9.17) is 0 Å². The Morgan fingerprint density at radius 2 is 1.69 bits per heavy atom. The number of amides is 2. The van der Waals surface area contributed by atoms with Gasteiger partial charge in [-0.25, -0.2) is 0 Å². The molecule has 0 atom stereocenters. The average molecular weight is 359 g/mol. The lowest BCUT2D eigenvalue weighted by atomic mass is 9.90. The Morgan fingerprint density at radius 1 is 1.04 bits per heavy atom. The summed E-state index contributed by atoms with van der Waals surface area (Å²) in [4.78, 5) is 28.2. The van der Waals surface area contributed by atoms with E-state index in [0.29, 0.717) is 19.3 Å². The lowest BCUT2D eigenvalue weighted by Crippen LogP contribution is -2.38. The largest absolute Gasteiger partial charge is 0.343 e. The van der Waals surface area contributed by atoms with Crippen LogP contribution >= 0.6 is 0 Å². The van der Waals surface area contributed by atoms with Gasteiger partial charge in [-0.05, 0) is 57.4 Å². The van der Waals surface area contributed by atoms with Crippen LogP contribution in [0.3, 0.4) is 0 Å². The van der Waals surface area contributed by atoms with Gasteiger partial charge in [-0.15, -0.1) is 0 Å². The van der Waals surface area contributed by atoms with Gasteiger partial charge >= 0.3 is 0 Å². The van der Waals surface area contributed by atoms with Gasteiger partial charge in [0.05, 0.1) is 0 Å². The highest BCUT2D eigenvalue weighted by Crippen LogP contribution is 2.23. The third-order valence-electron chi connectivity index (χ3n) is 5.55. The number of nitrogens with zero attached hydrogens (tertiary/aromatic N) is 2. The van der Waals surface area contributed by atoms with E-state index in [0.717, 1.165) is 51.4 Å². The summed E-state index contributed by atoms with van der Waals surface area (Å²) < 4.78 is 0. The van der Waals surface area contributed by atoms with Crippen LogP contribution in [0.1, 0.15) is 57.9 Å². The fraction of sp³-hybridized carbons (Fsp3) is 0.636. The monoisotopic (exact) mass is 358 g/mol. The number of aryl methyl sites for hydroxylation is 1. The molecule has 0 unspecified atom stereocenters. The van der Waals surface area contributed by atoms with Gasteiger partial charge in [-0.2, -0.15) is 0 Å². The van der Waals surface area contributed by atoms with E-state index >= 15 is 0 Å². The van der Waals surface area contributed by atoms with Crippen LogP contribution in [0.15, 0.2) is 30.3 Å². The van der Waals surface area contributed by atoms with Gasteiger partial charge in [0.15, 0.2) is 0 Å². The molecule has 0 radical (unpaired) electrons. The van der Waals surface area contributed by atoms with Crippen molar-refractivity contribution in [2.75, 3.05) is 26.2 Å². The maximum absolute atomic E-state index is 12.4. The highest BCUT2D eigenvalue weighted by atomic mass is 16.2. The van der Waals surface area contributed by atoms with Crippen molar-refractivity contribution >= 4 is 11.8 Å². The first kappa shape index (κ1) is 20.5. The molecule has 0 aromatic heterocycles. The van der Waals surface area contributed by atoms with E-state index < -0.39 is 0 Å². The molecule has 0 saturated carbocycles. The Kier molecular flexibility index (Phi) is 8.66. The highest BCUT2D eigenvalue weighted by molar-refractivity contribution is 5.79. The Morgan fingerprint density at radius 3 is 2.31 bits per heavy atom. The van der Waals surface area contributed by atoms with Crippen molar-refractivity contribution in [1.82, 2.24) is 9.80 Å². The van der Waals surface area contributed by atoms with Gasteiger partial charge in [0.1, 0.15) is 0 Å². The standard InChI is InChI=1S/C22H34N2O2/c1-3-23(4-2)21(25)11-8-12-22(26)24-17-15-20(16-18-24)14-13-19-9-6-5-7-10-19/h5-7,9-10,20H,3-4,8,11-18H2,1-2H3. The number of benzene rings is 1. The second-order valence-corrected chi connectivity index (χ2v) is 7.27. The summed E-state index contributed by atoms with van der Waals surface area (Å²) >= 11 is 0. The Labute approximate surface area is 158 Å². The first-order chi connectivity index (χ1) is 12.6. The quantitative estimate of drug-likeness (QED) is 0.672. The predicted octanol–water partition coefficient (Wildman–Crippen LogP) is 3.90. The molecule has 0 bridgehead atoms. The van der Waals surface area contributed by atoms with Crippen LogP contribution in [0.2, 0.25) is 0 Å². The van der Waals surface area contributed by atoms with Crippen LogP contribution in [-0.4, -0.2) is 47.8 Å². The molecule has 1 aromatic rings. The molecule has 4 heteroatoms. The first-order valence-corrected chi connectivity index (χ1v) is 10.2. The summed E-state index contributed by atoms with van der Waals surface area (Å²) in [6.45, 7) is 7.24. The average Bonchev–Trinajstić information content (AvgIpc) is 2.68. The molecule has 0 spiro atoms. The lowest BCUT2D eigenvalue weighted by molar-refractivity contribution is -0.133. The van der Waals surface area contributed by atoms with Crippen molar-refractivity contribution in [2.24, 2.45) is 5.92 Å². The number of carbonyl (C=O) groups is 2. The minimum absolute atomic E-state index is 0.169. The van der Waals surface area contributed by atoms with Gasteiger partial charge < -0.3 is 9.80 Å². The Hall–Kier alpha value is -1.84. The van der Waals surface area contributed by atoms with E-state index in [9.17, 15) is 9.59 Å². The molecular weight excluding hydrogens is 324 g/mol. The SMILES string of the molecule is CCN(CC)C(=O)CCCC(=O)N1CCC(CCc2ccccc2)CC1. The van der Waals surface area contributed by atoms with Gasteiger partial charge in [0, 0.05) is 39.0 Å². The lowest BCUT2D eigenvalue weighted by Gasteiger charge is -2.32. The van der Waals surface area contributed by atoms with Gasteiger partial charge in [0.25, 0.3) is 0 Å². The fourth-order valence-corrected chi connectivity index (χ4v) is 3.77. The zero-order valence-electron chi connectivity index (χ0n) is 16.5.